The summed E-state index contributed by atoms with van der Waals surface area (Å²) < 4.78 is 17.6. The van der Waals surface area contributed by atoms with Crippen molar-refractivity contribution >= 4 is 8.80 Å². The van der Waals surface area contributed by atoms with Crippen LogP contribution in [0.3, 0.4) is 0 Å². The first-order chi connectivity index (χ1) is 6.26. The first kappa shape index (κ1) is 10.4. The van der Waals surface area contributed by atoms with Crippen molar-refractivity contribution in [2.75, 3.05) is 21.3 Å². The topological polar surface area (TPSA) is 45.5 Å². The van der Waals surface area contributed by atoms with Gasteiger partial charge in [-0.1, -0.05) is 0 Å². The van der Waals surface area contributed by atoms with E-state index >= 15 is 0 Å². The van der Waals surface area contributed by atoms with Crippen molar-refractivity contribution in [2.45, 2.75) is 6.17 Å². The number of aromatic nitrogens is 2. The largest absolute Gasteiger partial charge is 0.521 e. The Hall–Kier alpha value is -0.693. The molecule has 1 heterocycles. The van der Waals surface area contributed by atoms with E-state index in [2.05, 4.69) is 4.98 Å². The van der Waals surface area contributed by atoms with E-state index in [0.29, 0.717) is 6.17 Å². The van der Waals surface area contributed by atoms with E-state index in [4.69, 9.17) is 13.3 Å². The van der Waals surface area contributed by atoms with Crippen molar-refractivity contribution in [1.82, 2.24) is 9.55 Å². The lowest BCUT2D eigenvalue weighted by atomic mass is 10.9. The Kier molecular flexibility index (Phi) is 3.61. The molecule has 0 aliphatic carbocycles. The lowest BCUT2D eigenvalue weighted by Crippen LogP contribution is -2.47. The van der Waals surface area contributed by atoms with Crippen LogP contribution in [0.2, 0.25) is 0 Å². The fraction of sp³-hybridized carbons (Fsp3) is 0.571. The molecule has 0 saturated carbocycles. The summed E-state index contributed by atoms with van der Waals surface area (Å²) in [5, 5.41) is 0. The molecule has 0 bridgehead atoms. The molecule has 0 spiro atoms. The molecule has 0 aliphatic heterocycles. The summed E-state index contributed by atoms with van der Waals surface area (Å²) in [4.78, 5) is 3.93. The molecule has 74 valence electrons. The third-order valence-electron chi connectivity index (χ3n) is 1.87. The van der Waals surface area contributed by atoms with Crippen molar-refractivity contribution in [3.05, 3.63) is 18.7 Å². The van der Waals surface area contributed by atoms with Crippen molar-refractivity contribution in [3.8, 4) is 0 Å². The summed E-state index contributed by atoms with van der Waals surface area (Å²) in [7, 11) is 2.28. The minimum absolute atomic E-state index is 0.580. The van der Waals surface area contributed by atoms with Crippen LogP contribution in [-0.4, -0.2) is 39.7 Å². The maximum Gasteiger partial charge on any atom is 0.521 e. The van der Waals surface area contributed by atoms with Gasteiger partial charge in [0.1, 0.15) is 0 Å². The van der Waals surface area contributed by atoms with Crippen LogP contribution in [0.15, 0.2) is 18.7 Å². The maximum atomic E-state index is 5.26. The average Bonchev–Trinajstić information content (AvgIpc) is 2.67. The molecule has 0 aliphatic rings. The van der Waals surface area contributed by atoms with Crippen LogP contribution in [0, 0.1) is 0 Å². The van der Waals surface area contributed by atoms with Crippen molar-refractivity contribution < 1.29 is 13.3 Å². The van der Waals surface area contributed by atoms with Gasteiger partial charge in [-0.15, -0.1) is 0 Å². The molecule has 13 heavy (non-hydrogen) atoms. The summed E-state index contributed by atoms with van der Waals surface area (Å²) in [5.41, 5.74) is 0. The average molecular weight is 202 g/mol. The molecule has 0 unspecified atom stereocenters. The number of nitrogens with zero attached hydrogens (tertiary/aromatic N) is 2. The van der Waals surface area contributed by atoms with E-state index in [0.717, 1.165) is 0 Å². The predicted octanol–water partition coefficient (Wildman–Crippen LogP) is 0.300. The van der Waals surface area contributed by atoms with E-state index in [1.54, 1.807) is 33.9 Å². The normalized spacial score (nSPS) is 11.9. The molecule has 0 N–H and O–H groups in total. The quantitative estimate of drug-likeness (QED) is 0.644. The Bertz CT molecular complexity index is 228. The van der Waals surface area contributed by atoms with Gasteiger partial charge >= 0.3 is 8.80 Å². The highest BCUT2D eigenvalue weighted by atomic mass is 28.4. The lowest BCUT2D eigenvalue weighted by Gasteiger charge is -2.24. The fourth-order valence-corrected chi connectivity index (χ4v) is 2.57. The fourth-order valence-electron chi connectivity index (χ4n) is 1.05. The lowest BCUT2D eigenvalue weighted by molar-refractivity contribution is 0.116. The van der Waals surface area contributed by atoms with E-state index in [-0.39, 0.29) is 0 Å². The van der Waals surface area contributed by atoms with Crippen LogP contribution >= 0.6 is 0 Å². The Morgan fingerprint density at radius 3 is 2.23 bits per heavy atom. The molecule has 5 nitrogen and oxygen atoms in total. The molecule has 0 amide bonds. The van der Waals surface area contributed by atoms with E-state index < -0.39 is 8.80 Å². The van der Waals surface area contributed by atoms with E-state index in [1.807, 2.05) is 10.8 Å². The summed E-state index contributed by atoms with van der Waals surface area (Å²) in [5.74, 6) is 0. The van der Waals surface area contributed by atoms with Crippen LogP contribution in [0.25, 0.3) is 0 Å². The summed E-state index contributed by atoms with van der Waals surface area (Å²) in [6.45, 7) is 0. The molecule has 0 saturated heterocycles. The summed E-state index contributed by atoms with van der Waals surface area (Å²) >= 11 is 0. The maximum absolute atomic E-state index is 5.26. The second-order valence-electron chi connectivity index (χ2n) is 2.53. The highest BCUT2D eigenvalue weighted by Gasteiger charge is 2.38. The Labute approximate surface area is 78.6 Å². The molecule has 0 atom stereocenters. The van der Waals surface area contributed by atoms with Crippen molar-refractivity contribution in [3.63, 3.8) is 0 Å². The van der Waals surface area contributed by atoms with Gasteiger partial charge in [0.15, 0.2) is 0 Å². The highest BCUT2D eigenvalue weighted by molar-refractivity contribution is 6.59. The minimum atomic E-state index is -2.50. The second kappa shape index (κ2) is 4.52. The third kappa shape index (κ3) is 2.38. The molecule has 0 radical (unpaired) electrons. The van der Waals surface area contributed by atoms with Gasteiger partial charge < -0.3 is 17.8 Å². The number of hydrogen-bond acceptors (Lipinski definition) is 4. The summed E-state index contributed by atoms with van der Waals surface area (Å²) in [6, 6.07) is 0. The van der Waals surface area contributed by atoms with Crippen LogP contribution in [0.5, 0.6) is 0 Å². The zero-order chi connectivity index (χ0) is 9.73. The molecular weight excluding hydrogens is 188 g/mol. The van der Waals surface area contributed by atoms with Gasteiger partial charge in [-0.25, -0.2) is 4.98 Å². The molecule has 0 fully saturated rings. The van der Waals surface area contributed by atoms with Gasteiger partial charge in [0.25, 0.3) is 0 Å². The van der Waals surface area contributed by atoms with Crippen LogP contribution in [0.4, 0.5) is 0 Å². The molecular formula is C7H14N2O3Si. The van der Waals surface area contributed by atoms with Gasteiger partial charge in [0.05, 0.1) is 12.5 Å². The van der Waals surface area contributed by atoms with Crippen molar-refractivity contribution in [1.29, 1.82) is 0 Å². The monoisotopic (exact) mass is 202 g/mol. The highest BCUT2D eigenvalue weighted by Crippen LogP contribution is 2.08. The molecule has 1 rings (SSSR count). The smallest absolute Gasteiger partial charge is 0.376 e. The van der Waals surface area contributed by atoms with Gasteiger partial charge in [0, 0.05) is 33.7 Å². The predicted molar refractivity (Wildman–Crippen MR) is 49.0 cm³/mol. The minimum Gasteiger partial charge on any atom is -0.376 e. The standard InChI is InChI=1S/C7H14N2O3Si/c1-10-13(11-2,12-3)7-9-5-4-8-6-9/h4-6H,7H2,1-3H3. The first-order valence-electron chi connectivity index (χ1n) is 3.87. The number of rotatable bonds is 5. The molecule has 0 aromatic carbocycles. The van der Waals surface area contributed by atoms with Crippen LogP contribution < -0.4 is 0 Å². The zero-order valence-electron chi connectivity index (χ0n) is 8.06. The SMILES string of the molecule is CO[Si](Cn1ccnc1)(OC)OC. The number of imidazole rings is 1. The van der Waals surface area contributed by atoms with E-state index in [1.165, 1.54) is 0 Å². The number of hydrogen-bond donors (Lipinski definition) is 0. The van der Waals surface area contributed by atoms with Crippen LogP contribution in [0.1, 0.15) is 0 Å². The molecule has 1 aromatic heterocycles. The van der Waals surface area contributed by atoms with Gasteiger partial charge in [-0.05, 0) is 0 Å². The Morgan fingerprint density at radius 2 is 1.85 bits per heavy atom. The van der Waals surface area contributed by atoms with Crippen molar-refractivity contribution in [2.24, 2.45) is 0 Å². The van der Waals surface area contributed by atoms with Crippen LogP contribution in [-0.2, 0) is 19.4 Å². The Balaban J connectivity index is 2.67. The van der Waals surface area contributed by atoms with Gasteiger partial charge in [0.2, 0.25) is 0 Å². The summed E-state index contributed by atoms with van der Waals surface area (Å²) in [6.07, 6.45) is 5.84. The van der Waals surface area contributed by atoms with E-state index in [9.17, 15) is 0 Å². The molecule has 6 heteroatoms. The third-order valence-corrected chi connectivity index (χ3v) is 4.49. The van der Waals surface area contributed by atoms with Gasteiger partial charge in [-0.2, -0.15) is 0 Å². The molecule has 1 aromatic rings. The first-order valence-corrected chi connectivity index (χ1v) is 5.80. The van der Waals surface area contributed by atoms with Gasteiger partial charge in [-0.3, -0.25) is 0 Å². The zero-order valence-corrected chi connectivity index (χ0v) is 9.06. The second-order valence-corrected chi connectivity index (χ2v) is 5.44. The Morgan fingerprint density at radius 1 is 1.23 bits per heavy atom.